The highest BCUT2D eigenvalue weighted by Gasteiger charge is 2.60. The van der Waals surface area contributed by atoms with Gasteiger partial charge in [-0.3, -0.25) is 14.3 Å². The van der Waals surface area contributed by atoms with Crippen molar-refractivity contribution in [1.82, 2.24) is 19.5 Å². The van der Waals surface area contributed by atoms with E-state index in [9.17, 15) is 4.79 Å². The molecule has 13 heteroatoms. The molecule has 35 heavy (non-hydrogen) atoms. The minimum Gasteiger partial charge on any atom is -0.414 e. The first-order valence-electron chi connectivity index (χ1n) is 12.4. The molecule has 2 saturated heterocycles. The minimum absolute atomic E-state index is 0.0313. The second-order valence-electron chi connectivity index (χ2n) is 10.9. The van der Waals surface area contributed by atoms with Crippen LogP contribution in [0.4, 0.5) is 5.95 Å². The van der Waals surface area contributed by atoms with Gasteiger partial charge in [0.25, 0.3) is 5.56 Å². The van der Waals surface area contributed by atoms with Gasteiger partial charge in [-0.1, -0.05) is 55.4 Å². The number of nitrogens with one attached hydrogen (secondary N) is 1. The van der Waals surface area contributed by atoms with Crippen LogP contribution < -0.4 is 11.3 Å². The number of aromatic amines is 1. The van der Waals surface area contributed by atoms with E-state index in [4.69, 9.17) is 23.4 Å². The smallest absolute Gasteiger partial charge is 0.335 e. The molecule has 2 fully saturated rings. The fourth-order valence-electron chi connectivity index (χ4n) is 5.52. The van der Waals surface area contributed by atoms with Gasteiger partial charge in [-0.2, -0.15) is 4.98 Å². The minimum atomic E-state index is -2.74. The molecule has 2 aromatic rings. The van der Waals surface area contributed by atoms with Gasteiger partial charge >= 0.3 is 17.1 Å². The Labute approximate surface area is 216 Å². The zero-order chi connectivity index (χ0) is 25.9. The highest BCUT2D eigenvalue weighted by molar-refractivity contribution is 9.10. The number of ether oxygens (including phenoxy) is 1. The largest absolute Gasteiger partial charge is 0.414 e. The monoisotopic (exact) mass is 587 g/mol. The zero-order valence-corrected chi connectivity index (χ0v) is 25.4. The fourth-order valence-corrected chi connectivity index (χ4v) is 17.3. The standard InChI is InChI=1S/C22H38BrN5O5Si2/c1-11(2)34(12(3)4)30-10-16-15(32-35(33-34,13(5)6)14(7)8)9-17(31-16)28-19-18(25-21(28)23)20(29)27-22(24)26-19/h11-17H,9-10H2,1-8H3,(H3,24,26,27,29). The number of nitrogens with zero attached hydrogens (tertiary/aromatic N) is 3. The number of imidazole rings is 1. The second-order valence-corrected chi connectivity index (χ2v) is 20.4. The number of aromatic nitrogens is 4. The molecule has 0 amide bonds. The third kappa shape index (κ3) is 4.46. The Morgan fingerprint density at radius 3 is 2.17 bits per heavy atom. The highest BCUT2D eigenvalue weighted by Crippen LogP contribution is 2.48. The molecule has 0 radical (unpaired) electrons. The number of rotatable bonds is 5. The van der Waals surface area contributed by atoms with Crippen molar-refractivity contribution in [3.05, 3.63) is 15.1 Å². The fraction of sp³-hybridized carbons (Fsp3) is 0.773. The molecule has 0 aliphatic carbocycles. The van der Waals surface area contributed by atoms with Gasteiger partial charge in [-0.15, -0.1) is 0 Å². The molecule has 2 aliphatic rings. The van der Waals surface area contributed by atoms with Gasteiger partial charge < -0.3 is 23.4 Å². The molecule has 4 rings (SSSR count). The SMILES string of the molecule is CC(C)[Si]1(C(C)C)OCC2OC(n3c(Br)nc4c(=O)[nH]c(N)nc43)CC2O[Si](C(C)C)(C(C)C)O1. The van der Waals surface area contributed by atoms with Crippen molar-refractivity contribution >= 4 is 50.2 Å². The summed E-state index contributed by atoms with van der Waals surface area (Å²) in [7, 11) is -5.38. The van der Waals surface area contributed by atoms with E-state index in [-0.39, 0.29) is 51.4 Å². The van der Waals surface area contributed by atoms with Crippen molar-refractivity contribution in [2.45, 2.75) is 102 Å². The first kappa shape index (κ1) is 27.0. The van der Waals surface area contributed by atoms with E-state index in [1.807, 2.05) is 0 Å². The molecule has 3 unspecified atom stereocenters. The van der Waals surface area contributed by atoms with E-state index in [0.717, 1.165) is 0 Å². The lowest BCUT2D eigenvalue weighted by molar-refractivity contribution is -0.0550. The van der Waals surface area contributed by atoms with E-state index in [1.165, 1.54) is 0 Å². The molecule has 196 valence electrons. The van der Waals surface area contributed by atoms with Crippen LogP contribution in [0.1, 0.15) is 68.0 Å². The van der Waals surface area contributed by atoms with Crippen LogP contribution in [-0.2, 0) is 17.7 Å². The topological polar surface area (TPSA) is 127 Å². The van der Waals surface area contributed by atoms with E-state index in [2.05, 4.69) is 86.3 Å². The predicted molar refractivity (Wildman–Crippen MR) is 143 cm³/mol. The van der Waals surface area contributed by atoms with E-state index in [1.54, 1.807) is 4.57 Å². The third-order valence-corrected chi connectivity index (χ3v) is 18.2. The van der Waals surface area contributed by atoms with Gasteiger partial charge in [0, 0.05) is 6.42 Å². The van der Waals surface area contributed by atoms with Gasteiger partial charge in [0.2, 0.25) is 5.95 Å². The van der Waals surface area contributed by atoms with Crippen LogP contribution in [0.3, 0.4) is 0 Å². The molecule has 0 saturated carbocycles. The van der Waals surface area contributed by atoms with Crippen LogP contribution in [0.15, 0.2) is 9.53 Å². The molecule has 0 aromatic carbocycles. The lowest BCUT2D eigenvalue weighted by Gasteiger charge is -2.51. The van der Waals surface area contributed by atoms with Crippen molar-refractivity contribution in [1.29, 1.82) is 0 Å². The van der Waals surface area contributed by atoms with E-state index >= 15 is 0 Å². The molecular formula is C22H38BrN5O5Si2. The quantitative estimate of drug-likeness (QED) is 0.380. The van der Waals surface area contributed by atoms with Crippen molar-refractivity contribution in [2.75, 3.05) is 12.3 Å². The normalized spacial score (nSPS) is 26.6. The average Bonchev–Trinajstić information content (AvgIpc) is 3.26. The Hall–Kier alpha value is -1.10. The zero-order valence-electron chi connectivity index (χ0n) is 21.8. The molecule has 0 spiro atoms. The molecule has 10 nitrogen and oxygen atoms in total. The lowest BCUT2D eigenvalue weighted by Crippen LogP contribution is -2.65. The van der Waals surface area contributed by atoms with Gasteiger partial charge in [-0.05, 0) is 38.1 Å². The second kappa shape index (κ2) is 9.65. The summed E-state index contributed by atoms with van der Waals surface area (Å²) >= 11 is 3.49. The lowest BCUT2D eigenvalue weighted by atomic mass is 10.2. The summed E-state index contributed by atoms with van der Waals surface area (Å²) < 4.78 is 29.9. The summed E-state index contributed by atoms with van der Waals surface area (Å²) in [4.78, 5) is 23.6. The number of H-pyrrole nitrogens is 1. The highest BCUT2D eigenvalue weighted by atomic mass is 79.9. The van der Waals surface area contributed by atoms with Crippen LogP contribution in [0.25, 0.3) is 11.2 Å². The maximum atomic E-state index is 12.4. The third-order valence-electron chi connectivity index (χ3n) is 7.34. The van der Waals surface area contributed by atoms with Gasteiger partial charge in [-0.25, -0.2) is 4.98 Å². The summed E-state index contributed by atoms with van der Waals surface area (Å²) in [5.74, 6) is 0.0313. The van der Waals surface area contributed by atoms with Crippen LogP contribution in [0, 0.1) is 0 Å². The predicted octanol–water partition coefficient (Wildman–Crippen LogP) is 4.71. The van der Waals surface area contributed by atoms with Crippen molar-refractivity contribution in [2.24, 2.45) is 0 Å². The Morgan fingerprint density at radius 2 is 1.60 bits per heavy atom. The molecule has 3 N–H and O–H groups in total. The van der Waals surface area contributed by atoms with Crippen LogP contribution in [-0.4, -0.2) is 55.5 Å². The van der Waals surface area contributed by atoms with Crippen molar-refractivity contribution in [3.8, 4) is 0 Å². The maximum Gasteiger partial charge on any atom is 0.335 e. The number of anilines is 1. The van der Waals surface area contributed by atoms with Gasteiger partial charge in [0.1, 0.15) is 12.3 Å². The Morgan fingerprint density at radius 1 is 1.00 bits per heavy atom. The first-order valence-corrected chi connectivity index (χ1v) is 17.2. The Kier molecular flexibility index (Phi) is 7.43. The molecular weight excluding hydrogens is 550 g/mol. The number of hydrogen-bond donors (Lipinski definition) is 2. The number of hydrogen-bond acceptors (Lipinski definition) is 8. The first-order chi connectivity index (χ1) is 16.3. The summed E-state index contributed by atoms with van der Waals surface area (Å²) in [6.07, 6.45) is -0.380. The van der Waals surface area contributed by atoms with Gasteiger partial charge in [0.15, 0.2) is 15.9 Å². The maximum absolute atomic E-state index is 12.4. The molecule has 3 atom stereocenters. The Balaban J connectivity index is 1.77. The molecule has 2 aromatic heterocycles. The van der Waals surface area contributed by atoms with E-state index in [0.29, 0.717) is 23.4 Å². The summed E-state index contributed by atoms with van der Waals surface area (Å²) in [6.45, 7) is 18.0. The van der Waals surface area contributed by atoms with Crippen LogP contribution in [0.2, 0.25) is 22.2 Å². The van der Waals surface area contributed by atoms with Gasteiger partial charge in [0.05, 0.1) is 12.7 Å². The number of fused-ring (bicyclic) bond motifs is 2. The van der Waals surface area contributed by atoms with Crippen LogP contribution in [0.5, 0.6) is 0 Å². The van der Waals surface area contributed by atoms with Crippen molar-refractivity contribution < 1.29 is 17.7 Å². The number of nitrogen functional groups attached to an aromatic ring is 1. The van der Waals surface area contributed by atoms with Crippen LogP contribution >= 0.6 is 15.9 Å². The molecule has 2 aliphatic heterocycles. The molecule has 0 bridgehead atoms. The summed E-state index contributed by atoms with van der Waals surface area (Å²) in [5, 5.41) is 0. The summed E-state index contributed by atoms with van der Waals surface area (Å²) in [5.41, 5.74) is 7.00. The number of nitrogens with two attached hydrogens (primary N) is 1. The Bertz CT molecular complexity index is 1120. The van der Waals surface area contributed by atoms with E-state index < -0.39 is 23.3 Å². The number of halogens is 1. The average molecular weight is 589 g/mol. The molecule has 4 heterocycles. The summed E-state index contributed by atoms with van der Waals surface area (Å²) in [6, 6.07) is 0. The van der Waals surface area contributed by atoms with Crippen molar-refractivity contribution in [3.63, 3.8) is 0 Å².